The molecule has 0 aliphatic carbocycles. The van der Waals surface area contributed by atoms with Gasteiger partial charge in [0, 0.05) is 6.42 Å². The third kappa shape index (κ3) is 3.48. The number of carbonyl (C=O) groups excluding carboxylic acids is 1. The number of hydrogen-bond donors (Lipinski definition) is 5. The molecule has 1 aliphatic rings. The average molecular weight is 236 g/mol. The topological polar surface area (TPSA) is 131 Å². The minimum absolute atomic E-state index is 0.0415. The smallest absolute Gasteiger partial charge is 0.166 e. The monoisotopic (exact) mass is 236 g/mol. The zero-order valence-corrected chi connectivity index (χ0v) is 8.56. The van der Waals surface area contributed by atoms with Crippen LogP contribution in [0, 0.1) is 0 Å². The van der Waals surface area contributed by atoms with Crippen molar-refractivity contribution in [1.29, 1.82) is 0 Å². The van der Waals surface area contributed by atoms with Crippen LogP contribution < -0.4 is 0 Å². The summed E-state index contributed by atoms with van der Waals surface area (Å²) >= 11 is 0. The first kappa shape index (κ1) is 13.5. The van der Waals surface area contributed by atoms with Gasteiger partial charge in [-0.05, 0) is 0 Å². The second-order valence-corrected chi connectivity index (χ2v) is 3.80. The van der Waals surface area contributed by atoms with E-state index in [4.69, 9.17) is 14.9 Å². The Bertz CT molecular complexity index is 240. The zero-order valence-electron chi connectivity index (χ0n) is 8.56. The van der Waals surface area contributed by atoms with Gasteiger partial charge in [-0.1, -0.05) is 0 Å². The van der Waals surface area contributed by atoms with Crippen molar-refractivity contribution in [1.82, 2.24) is 0 Å². The van der Waals surface area contributed by atoms with E-state index in [0.29, 0.717) is 6.61 Å². The van der Waals surface area contributed by atoms with E-state index in [1.165, 1.54) is 0 Å². The molecule has 94 valence electrons. The first-order valence-electron chi connectivity index (χ1n) is 4.94. The van der Waals surface area contributed by atoms with E-state index in [-0.39, 0.29) is 12.5 Å². The minimum Gasteiger partial charge on any atom is -0.394 e. The van der Waals surface area contributed by atoms with Gasteiger partial charge in [0.2, 0.25) is 0 Å². The van der Waals surface area contributed by atoms with Crippen molar-refractivity contribution in [3.05, 3.63) is 0 Å². The van der Waals surface area contributed by atoms with E-state index in [0.717, 1.165) is 0 Å². The molecule has 1 unspecified atom stereocenters. The summed E-state index contributed by atoms with van der Waals surface area (Å²) < 4.78 is 4.77. The van der Waals surface area contributed by atoms with Crippen molar-refractivity contribution in [2.24, 2.45) is 0 Å². The van der Waals surface area contributed by atoms with Crippen LogP contribution in [-0.2, 0) is 9.53 Å². The van der Waals surface area contributed by atoms with Crippen LogP contribution in [0.1, 0.15) is 6.42 Å². The number of carbonyl (C=O) groups is 1. The van der Waals surface area contributed by atoms with Gasteiger partial charge >= 0.3 is 0 Å². The maximum Gasteiger partial charge on any atom is 0.166 e. The third-order valence-electron chi connectivity index (χ3n) is 2.42. The molecule has 0 aromatic heterocycles. The Kier molecular flexibility index (Phi) is 4.78. The number of hydrogen-bond acceptors (Lipinski definition) is 7. The molecule has 5 atom stereocenters. The molecule has 0 aromatic carbocycles. The molecule has 0 saturated carbocycles. The lowest BCUT2D eigenvalue weighted by Crippen LogP contribution is -2.48. The zero-order chi connectivity index (χ0) is 12.3. The van der Waals surface area contributed by atoms with Crippen molar-refractivity contribution in [2.45, 2.75) is 36.9 Å². The molecule has 1 aliphatic heterocycles. The molecule has 16 heavy (non-hydrogen) atoms. The molecule has 1 fully saturated rings. The Morgan fingerprint density at radius 2 is 1.81 bits per heavy atom. The lowest BCUT2D eigenvalue weighted by Gasteiger charge is -2.24. The van der Waals surface area contributed by atoms with Gasteiger partial charge in [-0.3, -0.25) is 4.79 Å². The van der Waals surface area contributed by atoms with Crippen molar-refractivity contribution in [2.75, 3.05) is 13.2 Å². The predicted octanol–water partition coefficient (Wildman–Crippen LogP) is -3.22. The Morgan fingerprint density at radius 1 is 1.25 bits per heavy atom. The highest BCUT2D eigenvalue weighted by molar-refractivity contribution is 5.84. The fourth-order valence-corrected chi connectivity index (χ4v) is 1.24. The quantitative estimate of drug-likeness (QED) is 0.294. The van der Waals surface area contributed by atoms with E-state index in [1.54, 1.807) is 0 Å². The van der Waals surface area contributed by atoms with Gasteiger partial charge in [-0.15, -0.1) is 0 Å². The molecule has 0 aromatic rings. The highest BCUT2D eigenvalue weighted by atomic mass is 16.6. The number of Topliss-reactive ketones (excluding diaryl/α,β-unsaturated/α-hetero) is 1. The van der Waals surface area contributed by atoms with Gasteiger partial charge in [-0.2, -0.15) is 0 Å². The SMILES string of the molecule is O=C(CC1CO1)[C@H](O)[C@@H](O)[C@H](O)[C@H](O)CO. The summed E-state index contributed by atoms with van der Waals surface area (Å²) in [5, 5.41) is 45.5. The number of ether oxygens (including phenoxy) is 1. The fraction of sp³-hybridized carbons (Fsp3) is 0.889. The predicted molar refractivity (Wildman–Crippen MR) is 50.5 cm³/mol. The number of aliphatic hydroxyl groups is 5. The molecule has 0 bridgehead atoms. The van der Waals surface area contributed by atoms with Crippen LogP contribution >= 0.6 is 0 Å². The van der Waals surface area contributed by atoms with Gasteiger partial charge in [0.05, 0.1) is 19.3 Å². The molecule has 0 spiro atoms. The summed E-state index contributed by atoms with van der Waals surface area (Å²) in [6.07, 6.45) is -7.26. The van der Waals surface area contributed by atoms with Crippen molar-refractivity contribution in [3.63, 3.8) is 0 Å². The average Bonchev–Trinajstić information content (AvgIpc) is 3.08. The molecule has 7 heteroatoms. The second-order valence-electron chi connectivity index (χ2n) is 3.80. The van der Waals surface area contributed by atoms with Gasteiger partial charge in [0.25, 0.3) is 0 Å². The second kappa shape index (κ2) is 5.67. The minimum atomic E-state index is -1.83. The largest absolute Gasteiger partial charge is 0.394 e. The van der Waals surface area contributed by atoms with Crippen LogP contribution in [0.3, 0.4) is 0 Å². The van der Waals surface area contributed by atoms with Crippen molar-refractivity contribution < 1.29 is 35.1 Å². The van der Waals surface area contributed by atoms with Crippen LogP contribution in [0.25, 0.3) is 0 Å². The van der Waals surface area contributed by atoms with Gasteiger partial charge in [0.15, 0.2) is 5.78 Å². The lowest BCUT2D eigenvalue weighted by atomic mass is 9.98. The van der Waals surface area contributed by atoms with Crippen molar-refractivity contribution in [3.8, 4) is 0 Å². The lowest BCUT2D eigenvalue weighted by molar-refractivity contribution is -0.147. The number of epoxide rings is 1. The Morgan fingerprint density at radius 3 is 2.25 bits per heavy atom. The van der Waals surface area contributed by atoms with Crippen LogP contribution in [-0.4, -0.2) is 75.0 Å². The number of ketones is 1. The number of aliphatic hydroxyl groups excluding tert-OH is 5. The molecule has 0 amide bonds. The molecular weight excluding hydrogens is 220 g/mol. The van der Waals surface area contributed by atoms with Crippen molar-refractivity contribution >= 4 is 5.78 Å². The molecule has 5 N–H and O–H groups in total. The fourth-order valence-electron chi connectivity index (χ4n) is 1.24. The summed E-state index contributed by atoms with van der Waals surface area (Å²) in [6, 6.07) is 0. The summed E-state index contributed by atoms with van der Waals surface area (Å²) in [4.78, 5) is 11.3. The van der Waals surface area contributed by atoms with Gasteiger partial charge < -0.3 is 30.3 Å². The Labute approximate surface area is 91.9 Å². The van der Waals surface area contributed by atoms with E-state index in [2.05, 4.69) is 0 Å². The van der Waals surface area contributed by atoms with E-state index >= 15 is 0 Å². The molecule has 1 saturated heterocycles. The van der Waals surface area contributed by atoms with E-state index < -0.39 is 36.8 Å². The standard InChI is InChI=1S/C9H16O7/c10-2-6(12)8(14)9(15)7(13)5(11)1-4-3-16-4/h4,6-10,12-15H,1-3H2/t4?,6-,7+,8-,9-/m1/s1. The summed E-state index contributed by atoms with van der Waals surface area (Å²) in [5.74, 6) is -0.667. The summed E-state index contributed by atoms with van der Waals surface area (Å²) in [5.41, 5.74) is 0. The highest BCUT2D eigenvalue weighted by Gasteiger charge is 2.36. The van der Waals surface area contributed by atoms with Crippen LogP contribution in [0.2, 0.25) is 0 Å². The molecule has 7 nitrogen and oxygen atoms in total. The summed E-state index contributed by atoms with van der Waals surface area (Å²) in [7, 11) is 0. The maximum absolute atomic E-state index is 11.3. The Balaban J connectivity index is 2.43. The van der Waals surface area contributed by atoms with Crippen LogP contribution in [0.4, 0.5) is 0 Å². The molecular formula is C9H16O7. The Hall–Kier alpha value is -0.570. The normalized spacial score (nSPS) is 26.9. The third-order valence-corrected chi connectivity index (χ3v) is 2.42. The molecule has 1 heterocycles. The number of rotatable bonds is 7. The first-order valence-corrected chi connectivity index (χ1v) is 4.94. The van der Waals surface area contributed by atoms with Gasteiger partial charge in [0.1, 0.15) is 24.4 Å². The van der Waals surface area contributed by atoms with Gasteiger partial charge in [-0.25, -0.2) is 0 Å². The maximum atomic E-state index is 11.3. The molecule has 0 radical (unpaired) electrons. The first-order chi connectivity index (χ1) is 7.47. The van der Waals surface area contributed by atoms with Crippen LogP contribution in [0.5, 0.6) is 0 Å². The van der Waals surface area contributed by atoms with E-state index in [1.807, 2.05) is 0 Å². The highest BCUT2D eigenvalue weighted by Crippen LogP contribution is 2.16. The van der Waals surface area contributed by atoms with Crippen LogP contribution in [0.15, 0.2) is 0 Å². The summed E-state index contributed by atoms with van der Waals surface area (Å²) in [6.45, 7) is -0.332. The van der Waals surface area contributed by atoms with E-state index in [9.17, 15) is 20.1 Å². The molecule has 1 rings (SSSR count).